The third kappa shape index (κ3) is 3.33. The van der Waals surface area contributed by atoms with Crippen molar-refractivity contribution in [3.05, 3.63) is 119 Å². The summed E-state index contributed by atoms with van der Waals surface area (Å²) < 4.78 is 10.7. The van der Waals surface area contributed by atoms with Gasteiger partial charge < -0.3 is 14.8 Å². The third-order valence-electron chi connectivity index (χ3n) is 8.49. The highest BCUT2D eigenvalue weighted by Crippen LogP contribution is 2.61. The van der Waals surface area contributed by atoms with Crippen molar-refractivity contribution in [3.63, 3.8) is 0 Å². The van der Waals surface area contributed by atoms with Gasteiger partial charge in [-0.1, -0.05) is 60.7 Å². The quantitative estimate of drug-likeness (QED) is 0.352. The van der Waals surface area contributed by atoms with Crippen LogP contribution >= 0.6 is 0 Å². The smallest absolute Gasteiger partial charge is 0.257 e. The minimum atomic E-state index is -0.531. The van der Waals surface area contributed by atoms with Gasteiger partial charge in [-0.25, -0.2) is 4.90 Å². The zero-order chi connectivity index (χ0) is 27.5. The minimum Gasteiger partial charge on any atom is -0.497 e. The number of hydrogen-bond acceptors (Lipinski definition) is 5. The number of para-hydroxylation sites is 1. The number of rotatable bonds is 5. The summed E-state index contributed by atoms with van der Waals surface area (Å²) in [6.45, 7) is 0. The summed E-state index contributed by atoms with van der Waals surface area (Å²) in [5, 5.41) is 2.87. The largest absolute Gasteiger partial charge is 0.497 e. The molecule has 0 saturated carbocycles. The van der Waals surface area contributed by atoms with Gasteiger partial charge in [0, 0.05) is 17.9 Å². The van der Waals surface area contributed by atoms with Crippen LogP contribution in [0.25, 0.3) is 0 Å². The molecule has 8 rings (SSSR count). The van der Waals surface area contributed by atoms with E-state index in [2.05, 4.69) is 29.6 Å². The second-order valence-electron chi connectivity index (χ2n) is 10.3. The van der Waals surface area contributed by atoms with E-state index in [1.807, 2.05) is 24.3 Å². The second-order valence-corrected chi connectivity index (χ2v) is 10.3. The number of ether oxygens (including phenoxy) is 2. The Morgan fingerprint density at radius 2 is 1.23 bits per heavy atom. The molecule has 2 atom stereocenters. The molecule has 40 heavy (non-hydrogen) atoms. The van der Waals surface area contributed by atoms with Crippen LogP contribution in [-0.2, 0) is 9.59 Å². The van der Waals surface area contributed by atoms with Crippen molar-refractivity contribution in [2.45, 2.75) is 11.8 Å². The molecule has 3 amide bonds. The Kier molecular flexibility index (Phi) is 5.49. The number of imide groups is 1. The molecule has 1 N–H and O–H groups in total. The predicted octanol–water partition coefficient (Wildman–Crippen LogP) is 5.35. The fourth-order valence-electron chi connectivity index (χ4n) is 6.88. The molecule has 2 bridgehead atoms. The van der Waals surface area contributed by atoms with Crippen LogP contribution in [-0.4, -0.2) is 31.9 Å². The van der Waals surface area contributed by atoms with Gasteiger partial charge in [-0.05, 0) is 46.5 Å². The van der Waals surface area contributed by atoms with Crippen molar-refractivity contribution < 1.29 is 23.9 Å². The van der Waals surface area contributed by atoms with Crippen LogP contribution in [0.1, 0.15) is 44.4 Å². The van der Waals surface area contributed by atoms with Gasteiger partial charge in [-0.15, -0.1) is 0 Å². The number of hydrogen-bond donors (Lipinski definition) is 1. The van der Waals surface area contributed by atoms with E-state index in [1.54, 1.807) is 42.5 Å². The molecule has 1 saturated heterocycles. The van der Waals surface area contributed by atoms with E-state index in [-0.39, 0.29) is 34.9 Å². The van der Waals surface area contributed by atoms with Crippen LogP contribution in [0.3, 0.4) is 0 Å². The zero-order valence-corrected chi connectivity index (χ0v) is 22.0. The number of carbonyl (C=O) groups is 3. The van der Waals surface area contributed by atoms with Crippen LogP contribution < -0.4 is 19.7 Å². The van der Waals surface area contributed by atoms with Crippen LogP contribution in [0.2, 0.25) is 0 Å². The summed E-state index contributed by atoms with van der Waals surface area (Å²) >= 11 is 0. The summed E-state index contributed by atoms with van der Waals surface area (Å²) in [7, 11) is 3.05. The standard InChI is InChI=1S/C33H26N2O5/c1-39-18-15-16-26(40-2)24(17-18)34-31(36)23-13-7-8-14-25(23)35-32(37)29-27-19-9-3-4-10-20(19)28(30(29)33(35)38)22-12-6-5-11-21(22)27/h3-17,27-30H,1-2H3,(H,34,36)/t27?,28?,29-,30-/m0/s1. The van der Waals surface area contributed by atoms with E-state index in [0.717, 1.165) is 22.3 Å². The highest BCUT2D eigenvalue weighted by atomic mass is 16.5. The van der Waals surface area contributed by atoms with Crippen LogP contribution in [0.4, 0.5) is 11.4 Å². The van der Waals surface area contributed by atoms with E-state index >= 15 is 0 Å². The van der Waals surface area contributed by atoms with Gasteiger partial charge in [0.25, 0.3) is 5.91 Å². The molecule has 7 nitrogen and oxygen atoms in total. The molecule has 0 unspecified atom stereocenters. The van der Waals surface area contributed by atoms with Crippen LogP contribution in [0, 0.1) is 11.8 Å². The molecule has 4 aliphatic rings. The van der Waals surface area contributed by atoms with Gasteiger partial charge in [0.15, 0.2) is 0 Å². The maximum absolute atomic E-state index is 14.2. The van der Waals surface area contributed by atoms with E-state index < -0.39 is 17.7 Å². The van der Waals surface area contributed by atoms with Crippen molar-refractivity contribution in [2.24, 2.45) is 11.8 Å². The Hall–Kier alpha value is -4.91. The summed E-state index contributed by atoms with van der Waals surface area (Å²) in [6, 6.07) is 28.1. The van der Waals surface area contributed by atoms with E-state index in [0.29, 0.717) is 17.2 Å². The number of methoxy groups -OCH3 is 2. The lowest BCUT2D eigenvalue weighted by molar-refractivity contribution is -0.122. The number of nitrogens with zero attached hydrogens (tertiary/aromatic N) is 1. The molecule has 4 aromatic rings. The lowest BCUT2D eigenvalue weighted by Gasteiger charge is -2.45. The minimum absolute atomic E-state index is 0.217. The van der Waals surface area contributed by atoms with Gasteiger partial charge >= 0.3 is 0 Å². The molecule has 0 aromatic heterocycles. The van der Waals surface area contributed by atoms with Crippen LogP contribution in [0.15, 0.2) is 91.0 Å². The maximum Gasteiger partial charge on any atom is 0.257 e. The first-order valence-electron chi connectivity index (χ1n) is 13.2. The monoisotopic (exact) mass is 530 g/mol. The molecule has 1 heterocycles. The average Bonchev–Trinajstić information content (AvgIpc) is 3.26. The second kappa shape index (κ2) is 9.09. The zero-order valence-electron chi connectivity index (χ0n) is 22.0. The Morgan fingerprint density at radius 3 is 1.75 bits per heavy atom. The number of amides is 3. The van der Waals surface area contributed by atoms with Crippen molar-refractivity contribution in [3.8, 4) is 11.5 Å². The number of benzene rings is 4. The molecular weight excluding hydrogens is 504 g/mol. The van der Waals surface area contributed by atoms with E-state index in [9.17, 15) is 14.4 Å². The molecule has 1 aliphatic heterocycles. The molecule has 198 valence electrons. The summed E-state index contributed by atoms with van der Waals surface area (Å²) in [6.07, 6.45) is 0. The lowest BCUT2D eigenvalue weighted by Crippen LogP contribution is -2.41. The topological polar surface area (TPSA) is 84.9 Å². The Bertz CT molecular complexity index is 1600. The summed E-state index contributed by atoms with van der Waals surface area (Å²) in [4.78, 5) is 43.3. The number of nitrogens with one attached hydrogen (secondary N) is 1. The van der Waals surface area contributed by atoms with Crippen LogP contribution in [0.5, 0.6) is 11.5 Å². The molecule has 3 aliphatic carbocycles. The van der Waals surface area contributed by atoms with Gasteiger partial charge in [0.05, 0.1) is 43.0 Å². The molecule has 0 radical (unpaired) electrons. The molecule has 1 fully saturated rings. The van der Waals surface area contributed by atoms with Crippen molar-refractivity contribution in [1.82, 2.24) is 0 Å². The first-order valence-corrected chi connectivity index (χ1v) is 13.2. The van der Waals surface area contributed by atoms with E-state index in [1.165, 1.54) is 19.1 Å². The predicted molar refractivity (Wildman–Crippen MR) is 150 cm³/mol. The molecular formula is C33H26N2O5. The molecule has 7 heteroatoms. The molecule has 0 spiro atoms. The third-order valence-corrected chi connectivity index (χ3v) is 8.49. The number of carbonyl (C=O) groups excluding carboxylic acids is 3. The van der Waals surface area contributed by atoms with Crippen molar-refractivity contribution >= 4 is 29.1 Å². The maximum atomic E-state index is 14.2. The summed E-state index contributed by atoms with van der Waals surface area (Å²) in [5.74, 6) is -1.50. The molecule has 4 aromatic carbocycles. The number of anilines is 2. The van der Waals surface area contributed by atoms with Crippen molar-refractivity contribution in [2.75, 3.05) is 24.4 Å². The lowest BCUT2D eigenvalue weighted by atomic mass is 9.55. The Balaban J connectivity index is 1.30. The van der Waals surface area contributed by atoms with E-state index in [4.69, 9.17) is 9.47 Å². The van der Waals surface area contributed by atoms with Gasteiger partial charge in [0.2, 0.25) is 11.8 Å². The van der Waals surface area contributed by atoms with Gasteiger partial charge in [-0.3, -0.25) is 14.4 Å². The first kappa shape index (κ1) is 24.2. The fraction of sp³-hybridized carbons (Fsp3) is 0.182. The first-order chi connectivity index (χ1) is 19.5. The van der Waals surface area contributed by atoms with Gasteiger partial charge in [0.1, 0.15) is 11.5 Å². The van der Waals surface area contributed by atoms with Crippen molar-refractivity contribution in [1.29, 1.82) is 0 Å². The highest BCUT2D eigenvalue weighted by Gasteiger charge is 2.62. The summed E-state index contributed by atoms with van der Waals surface area (Å²) in [5.41, 5.74) is 5.32. The van der Waals surface area contributed by atoms with Gasteiger partial charge in [-0.2, -0.15) is 0 Å². The average molecular weight is 531 g/mol. The SMILES string of the molecule is COc1ccc(OC)c(NC(=O)c2ccccc2N2C(=O)[C@H]3C4c5ccccc5C(c5ccccc54)[C@@H]3C2=O)c1. The Labute approximate surface area is 231 Å². The Morgan fingerprint density at radius 1 is 0.700 bits per heavy atom. The fourth-order valence-corrected chi connectivity index (χ4v) is 6.88. The normalized spacial score (nSPS) is 21.9. The highest BCUT2D eigenvalue weighted by molar-refractivity contribution is 6.26.